The number of aliphatic carboxylic acids is 1. The molecule has 74 valence electrons. The predicted octanol–water partition coefficient (Wildman–Crippen LogP) is 2.84. The van der Waals surface area contributed by atoms with Crippen molar-refractivity contribution in [2.24, 2.45) is 11.3 Å². The van der Waals surface area contributed by atoms with Crippen LogP contribution in [0.4, 0.5) is 0 Å². The highest BCUT2D eigenvalue weighted by Gasteiger charge is 2.35. The molecule has 0 saturated heterocycles. The lowest BCUT2D eigenvalue weighted by Gasteiger charge is -2.39. The average Bonchev–Trinajstić information content (AvgIpc) is 1.96. The van der Waals surface area contributed by atoms with Crippen molar-refractivity contribution in [3.05, 3.63) is 12.2 Å². The summed E-state index contributed by atoms with van der Waals surface area (Å²) in [6.07, 6.45) is 3.51. The fourth-order valence-corrected chi connectivity index (χ4v) is 2.27. The van der Waals surface area contributed by atoms with Crippen LogP contribution in [0.25, 0.3) is 0 Å². The van der Waals surface area contributed by atoms with E-state index in [2.05, 4.69) is 20.4 Å². The number of rotatable bonds is 2. The fraction of sp³-hybridized carbons (Fsp3) is 0.727. The van der Waals surface area contributed by atoms with Crippen molar-refractivity contribution in [3.63, 3.8) is 0 Å². The zero-order valence-electron chi connectivity index (χ0n) is 8.47. The van der Waals surface area contributed by atoms with E-state index in [0.29, 0.717) is 0 Å². The molecule has 2 heteroatoms. The summed E-state index contributed by atoms with van der Waals surface area (Å²) in [5, 5.41) is 8.77. The summed E-state index contributed by atoms with van der Waals surface area (Å²) < 4.78 is 0. The van der Waals surface area contributed by atoms with E-state index in [4.69, 9.17) is 5.11 Å². The van der Waals surface area contributed by atoms with Gasteiger partial charge in [0.05, 0.1) is 6.42 Å². The van der Waals surface area contributed by atoms with Gasteiger partial charge in [0.2, 0.25) is 0 Å². The van der Waals surface area contributed by atoms with Gasteiger partial charge in [0.25, 0.3) is 0 Å². The van der Waals surface area contributed by atoms with Gasteiger partial charge in [-0.25, -0.2) is 0 Å². The van der Waals surface area contributed by atoms with Crippen LogP contribution in [0.15, 0.2) is 12.2 Å². The Morgan fingerprint density at radius 1 is 1.69 bits per heavy atom. The Hall–Kier alpha value is -0.790. The number of hydrogen-bond acceptors (Lipinski definition) is 1. The van der Waals surface area contributed by atoms with E-state index in [1.54, 1.807) is 0 Å². The first-order valence-electron chi connectivity index (χ1n) is 4.83. The van der Waals surface area contributed by atoms with E-state index in [9.17, 15) is 4.79 Å². The maximum absolute atomic E-state index is 10.7. The highest BCUT2D eigenvalue weighted by atomic mass is 16.4. The van der Waals surface area contributed by atoms with Crippen LogP contribution in [0.5, 0.6) is 0 Å². The second-order valence-electron chi connectivity index (χ2n) is 4.65. The Balaban J connectivity index is 2.74. The highest BCUT2D eigenvalue weighted by molar-refractivity contribution is 5.67. The lowest BCUT2D eigenvalue weighted by atomic mass is 9.65. The zero-order chi connectivity index (χ0) is 10.1. The quantitative estimate of drug-likeness (QED) is 0.667. The van der Waals surface area contributed by atoms with Gasteiger partial charge in [-0.15, -0.1) is 0 Å². The third kappa shape index (κ3) is 2.33. The van der Waals surface area contributed by atoms with Gasteiger partial charge >= 0.3 is 5.97 Å². The molecule has 0 unspecified atom stereocenters. The van der Waals surface area contributed by atoms with Gasteiger partial charge in [-0.2, -0.15) is 0 Å². The van der Waals surface area contributed by atoms with Gasteiger partial charge in [0.1, 0.15) is 0 Å². The van der Waals surface area contributed by atoms with Gasteiger partial charge in [0.15, 0.2) is 0 Å². The zero-order valence-corrected chi connectivity index (χ0v) is 8.47. The van der Waals surface area contributed by atoms with Crippen molar-refractivity contribution in [2.45, 2.75) is 39.5 Å². The van der Waals surface area contributed by atoms with Crippen LogP contribution >= 0.6 is 0 Å². The normalized spacial score (nSPS) is 27.2. The summed E-state index contributed by atoms with van der Waals surface area (Å²) in [6, 6.07) is 0. The van der Waals surface area contributed by atoms with Crippen molar-refractivity contribution >= 4 is 5.97 Å². The van der Waals surface area contributed by atoms with Crippen molar-refractivity contribution in [3.8, 4) is 0 Å². The molecule has 0 radical (unpaired) electrons. The van der Waals surface area contributed by atoms with Gasteiger partial charge in [-0.05, 0) is 30.6 Å². The van der Waals surface area contributed by atoms with E-state index >= 15 is 0 Å². The molecule has 0 spiro atoms. The molecule has 1 atom stereocenters. The second kappa shape index (κ2) is 3.52. The topological polar surface area (TPSA) is 37.3 Å². The van der Waals surface area contributed by atoms with Gasteiger partial charge in [-0.3, -0.25) is 4.79 Å². The van der Waals surface area contributed by atoms with Crippen LogP contribution in [0.3, 0.4) is 0 Å². The second-order valence-corrected chi connectivity index (χ2v) is 4.65. The molecule has 0 amide bonds. The first-order chi connectivity index (χ1) is 5.93. The van der Waals surface area contributed by atoms with E-state index < -0.39 is 5.97 Å². The van der Waals surface area contributed by atoms with Gasteiger partial charge < -0.3 is 5.11 Å². The number of allylic oxidation sites excluding steroid dienone is 1. The van der Waals surface area contributed by atoms with Crippen molar-refractivity contribution in [1.82, 2.24) is 0 Å². The third-order valence-corrected chi connectivity index (χ3v) is 3.13. The van der Waals surface area contributed by atoms with Crippen LogP contribution in [-0.2, 0) is 4.79 Å². The van der Waals surface area contributed by atoms with Crippen molar-refractivity contribution in [1.29, 1.82) is 0 Å². The molecule has 0 aromatic heterocycles. The smallest absolute Gasteiger partial charge is 0.303 e. The van der Waals surface area contributed by atoms with Crippen LogP contribution in [0, 0.1) is 11.3 Å². The lowest BCUT2D eigenvalue weighted by molar-refractivity contribution is -0.138. The monoisotopic (exact) mass is 182 g/mol. The van der Waals surface area contributed by atoms with E-state index in [1.807, 2.05) is 0 Å². The number of carboxylic acid groups (broad SMARTS) is 1. The Kier molecular flexibility index (Phi) is 2.79. The molecule has 1 N–H and O–H groups in total. The molecule has 0 bridgehead atoms. The molecular formula is C11H18O2. The van der Waals surface area contributed by atoms with E-state index in [0.717, 1.165) is 24.8 Å². The molecule has 1 fully saturated rings. The molecule has 0 aromatic carbocycles. The maximum atomic E-state index is 10.7. The highest BCUT2D eigenvalue weighted by Crippen LogP contribution is 2.44. The minimum atomic E-state index is -0.707. The molecule has 1 aliphatic carbocycles. The molecule has 1 aliphatic rings. The van der Waals surface area contributed by atoms with Crippen LogP contribution < -0.4 is 0 Å². The Morgan fingerprint density at radius 2 is 2.31 bits per heavy atom. The summed E-state index contributed by atoms with van der Waals surface area (Å²) in [7, 11) is 0. The molecular weight excluding hydrogens is 164 g/mol. The first-order valence-corrected chi connectivity index (χ1v) is 4.83. The van der Waals surface area contributed by atoms with E-state index in [1.165, 1.54) is 0 Å². The Bertz CT molecular complexity index is 228. The minimum Gasteiger partial charge on any atom is -0.481 e. The fourth-order valence-electron chi connectivity index (χ4n) is 2.27. The lowest BCUT2D eigenvalue weighted by Crippen LogP contribution is -2.31. The summed E-state index contributed by atoms with van der Waals surface area (Å²) in [5.41, 5.74) is 1.24. The van der Waals surface area contributed by atoms with Gasteiger partial charge in [0, 0.05) is 0 Å². The summed E-state index contributed by atoms with van der Waals surface area (Å²) >= 11 is 0. The number of hydrogen-bond donors (Lipinski definition) is 1. The summed E-state index contributed by atoms with van der Waals surface area (Å²) in [5.74, 6) is -0.542. The number of carbonyl (C=O) groups is 1. The molecule has 1 rings (SSSR count). The molecule has 1 saturated carbocycles. The first kappa shape index (κ1) is 10.3. The van der Waals surface area contributed by atoms with Crippen LogP contribution in [0.2, 0.25) is 0 Å². The van der Waals surface area contributed by atoms with Crippen LogP contribution in [-0.4, -0.2) is 11.1 Å². The predicted molar refractivity (Wildman–Crippen MR) is 52.5 cm³/mol. The van der Waals surface area contributed by atoms with E-state index in [-0.39, 0.29) is 17.8 Å². The average molecular weight is 182 g/mol. The molecule has 0 heterocycles. The minimum absolute atomic E-state index is 0.119. The Morgan fingerprint density at radius 3 is 2.77 bits per heavy atom. The number of carboxylic acids is 1. The third-order valence-electron chi connectivity index (χ3n) is 3.13. The molecule has 0 aliphatic heterocycles. The summed E-state index contributed by atoms with van der Waals surface area (Å²) in [4.78, 5) is 10.7. The standard InChI is InChI=1S/C11H18O2/c1-8-5-4-6-11(2,3)9(8)7-10(12)13/h9H,1,4-7H2,2-3H3,(H,12,13)/t9-/m1/s1. The van der Waals surface area contributed by atoms with Crippen molar-refractivity contribution in [2.75, 3.05) is 0 Å². The Labute approximate surface area is 79.6 Å². The molecule has 0 aromatic rings. The summed E-state index contributed by atoms with van der Waals surface area (Å²) in [6.45, 7) is 8.27. The van der Waals surface area contributed by atoms with Crippen LogP contribution in [0.1, 0.15) is 39.5 Å². The van der Waals surface area contributed by atoms with Gasteiger partial charge in [-0.1, -0.05) is 26.0 Å². The molecule has 13 heavy (non-hydrogen) atoms. The molecule has 2 nitrogen and oxygen atoms in total. The maximum Gasteiger partial charge on any atom is 0.303 e. The van der Waals surface area contributed by atoms with Crippen molar-refractivity contribution < 1.29 is 9.90 Å². The SMILES string of the molecule is C=C1CCCC(C)(C)[C@@H]1CC(=O)O. The largest absolute Gasteiger partial charge is 0.481 e.